The minimum Gasteiger partial charge on any atom is -0.377 e. The highest BCUT2D eigenvalue weighted by Gasteiger charge is 2.32. The fourth-order valence-electron chi connectivity index (χ4n) is 3.76. The van der Waals surface area contributed by atoms with Crippen LogP contribution in [0, 0.1) is 13.8 Å². The summed E-state index contributed by atoms with van der Waals surface area (Å²) >= 11 is 0. The standard InChI is InChI=1S/C20H27N3O/c1-14-8-10-16(11-9-14)17-6-5-7-18(17)23(3)20-12-15(2)21-19(22-20)13-24-4/h8-12,17-18H,5-7,13H2,1-4H3/t17-,18+/m0/s1. The van der Waals surface area contributed by atoms with Gasteiger partial charge in [-0.05, 0) is 32.3 Å². The van der Waals surface area contributed by atoms with Gasteiger partial charge in [0.25, 0.3) is 0 Å². The molecule has 0 spiro atoms. The van der Waals surface area contributed by atoms with E-state index in [1.165, 1.54) is 30.4 Å². The van der Waals surface area contributed by atoms with Crippen molar-refractivity contribution in [2.45, 2.75) is 51.7 Å². The SMILES string of the molecule is COCc1nc(C)cc(N(C)[C@@H]2CCC[C@H]2c2ccc(C)cc2)n1. The van der Waals surface area contributed by atoms with Gasteiger partial charge in [0.1, 0.15) is 12.4 Å². The highest BCUT2D eigenvalue weighted by molar-refractivity contribution is 5.42. The lowest BCUT2D eigenvalue weighted by Crippen LogP contribution is -2.34. The maximum Gasteiger partial charge on any atom is 0.156 e. The normalized spacial score (nSPS) is 20.3. The van der Waals surface area contributed by atoms with Crippen LogP contribution in [0.3, 0.4) is 0 Å². The molecule has 128 valence electrons. The predicted molar refractivity (Wildman–Crippen MR) is 97.4 cm³/mol. The second kappa shape index (κ2) is 7.31. The van der Waals surface area contributed by atoms with Gasteiger partial charge in [-0.2, -0.15) is 0 Å². The number of hydrogen-bond donors (Lipinski definition) is 0. The Morgan fingerprint density at radius 2 is 1.88 bits per heavy atom. The summed E-state index contributed by atoms with van der Waals surface area (Å²) in [6.45, 7) is 4.61. The maximum atomic E-state index is 5.20. The van der Waals surface area contributed by atoms with Crippen molar-refractivity contribution < 1.29 is 4.74 Å². The van der Waals surface area contributed by atoms with Gasteiger partial charge < -0.3 is 9.64 Å². The Kier molecular flexibility index (Phi) is 5.14. The molecular formula is C20H27N3O. The molecule has 1 saturated carbocycles. The van der Waals surface area contributed by atoms with Crippen LogP contribution in [0.1, 0.15) is 47.8 Å². The first kappa shape index (κ1) is 16.9. The summed E-state index contributed by atoms with van der Waals surface area (Å²) in [5.74, 6) is 2.32. The van der Waals surface area contributed by atoms with E-state index in [4.69, 9.17) is 9.72 Å². The van der Waals surface area contributed by atoms with Gasteiger partial charge in [-0.1, -0.05) is 36.2 Å². The van der Waals surface area contributed by atoms with Gasteiger partial charge in [0, 0.05) is 37.9 Å². The minimum absolute atomic E-state index is 0.453. The molecule has 0 saturated heterocycles. The van der Waals surface area contributed by atoms with Crippen LogP contribution in [-0.2, 0) is 11.3 Å². The quantitative estimate of drug-likeness (QED) is 0.832. The molecule has 2 atom stereocenters. The first-order chi connectivity index (χ1) is 11.6. The van der Waals surface area contributed by atoms with Gasteiger partial charge >= 0.3 is 0 Å². The molecule has 1 aliphatic rings. The van der Waals surface area contributed by atoms with Gasteiger partial charge in [-0.25, -0.2) is 9.97 Å². The molecule has 4 nitrogen and oxygen atoms in total. The zero-order valence-electron chi connectivity index (χ0n) is 15.1. The van der Waals surface area contributed by atoms with Gasteiger partial charge in [0.15, 0.2) is 5.82 Å². The Labute approximate surface area is 144 Å². The fourth-order valence-corrected chi connectivity index (χ4v) is 3.76. The van der Waals surface area contributed by atoms with Crippen molar-refractivity contribution in [3.05, 3.63) is 53.0 Å². The lowest BCUT2D eigenvalue weighted by molar-refractivity contribution is 0.177. The highest BCUT2D eigenvalue weighted by atomic mass is 16.5. The van der Waals surface area contributed by atoms with E-state index in [2.05, 4.69) is 54.2 Å². The molecule has 3 rings (SSSR count). The molecule has 1 aromatic heterocycles. The van der Waals surface area contributed by atoms with Crippen LogP contribution < -0.4 is 4.90 Å². The van der Waals surface area contributed by atoms with E-state index >= 15 is 0 Å². The van der Waals surface area contributed by atoms with Crippen molar-refractivity contribution in [1.82, 2.24) is 9.97 Å². The third-order valence-electron chi connectivity index (χ3n) is 5.00. The number of anilines is 1. The monoisotopic (exact) mass is 325 g/mol. The summed E-state index contributed by atoms with van der Waals surface area (Å²) < 4.78 is 5.20. The van der Waals surface area contributed by atoms with Gasteiger partial charge in [-0.3, -0.25) is 0 Å². The number of hydrogen-bond acceptors (Lipinski definition) is 4. The number of ether oxygens (including phenoxy) is 1. The number of rotatable bonds is 5. The summed E-state index contributed by atoms with van der Waals surface area (Å²) in [4.78, 5) is 11.5. The number of benzene rings is 1. The van der Waals surface area contributed by atoms with Crippen LogP contribution >= 0.6 is 0 Å². The molecule has 1 aliphatic carbocycles. The van der Waals surface area contributed by atoms with E-state index in [9.17, 15) is 0 Å². The lowest BCUT2D eigenvalue weighted by atomic mass is 9.92. The Bertz CT molecular complexity index is 684. The molecule has 0 bridgehead atoms. The van der Waals surface area contributed by atoms with Crippen LogP contribution in [0.5, 0.6) is 0 Å². The van der Waals surface area contributed by atoms with Crippen molar-refractivity contribution in [3.63, 3.8) is 0 Å². The Hall–Kier alpha value is -1.94. The molecule has 1 aromatic carbocycles. The average molecular weight is 325 g/mol. The van der Waals surface area contributed by atoms with E-state index in [0.717, 1.165) is 17.3 Å². The maximum absolute atomic E-state index is 5.20. The summed E-state index contributed by atoms with van der Waals surface area (Å²) in [6, 6.07) is 11.6. The van der Waals surface area contributed by atoms with Gasteiger partial charge in [0.05, 0.1) is 0 Å². The van der Waals surface area contributed by atoms with Crippen molar-refractivity contribution in [2.24, 2.45) is 0 Å². The molecular weight excluding hydrogens is 298 g/mol. The second-order valence-electron chi connectivity index (χ2n) is 6.84. The molecule has 24 heavy (non-hydrogen) atoms. The van der Waals surface area contributed by atoms with E-state index in [1.54, 1.807) is 7.11 Å². The molecule has 0 aliphatic heterocycles. The molecule has 0 amide bonds. The largest absolute Gasteiger partial charge is 0.377 e. The summed E-state index contributed by atoms with van der Waals surface area (Å²) in [5.41, 5.74) is 3.75. The molecule has 1 fully saturated rings. The third-order valence-corrected chi connectivity index (χ3v) is 5.00. The highest BCUT2D eigenvalue weighted by Crippen LogP contribution is 2.38. The smallest absolute Gasteiger partial charge is 0.156 e. The number of aromatic nitrogens is 2. The number of aryl methyl sites for hydroxylation is 2. The first-order valence-corrected chi connectivity index (χ1v) is 8.71. The number of methoxy groups -OCH3 is 1. The Balaban J connectivity index is 1.85. The first-order valence-electron chi connectivity index (χ1n) is 8.71. The minimum atomic E-state index is 0.453. The summed E-state index contributed by atoms with van der Waals surface area (Å²) in [6.07, 6.45) is 3.72. The van der Waals surface area contributed by atoms with E-state index in [-0.39, 0.29) is 0 Å². The Morgan fingerprint density at radius 1 is 1.12 bits per heavy atom. The fraction of sp³-hybridized carbons (Fsp3) is 0.500. The zero-order valence-corrected chi connectivity index (χ0v) is 15.1. The molecule has 0 radical (unpaired) electrons. The Morgan fingerprint density at radius 3 is 2.58 bits per heavy atom. The van der Waals surface area contributed by atoms with Crippen molar-refractivity contribution >= 4 is 5.82 Å². The lowest BCUT2D eigenvalue weighted by Gasteiger charge is -2.31. The van der Waals surface area contributed by atoms with Crippen LogP contribution in [0.15, 0.2) is 30.3 Å². The topological polar surface area (TPSA) is 38.2 Å². The molecule has 4 heteroatoms. The third kappa shape index (κ3) is 3.59. The predicted octanol–water partition coefficient (Wildman–Crippen LogP) is 4.01. The van der Waals surface area contributed by atoms with Crippen LogP contribution in [-0.4, -0.2) is 30.2 Å². The zero-order chi connectivity index (χ0) is 17.1. The molecule has 1 heterocycles. The number of nitrogens with zero attached hydrogens (tertiary/aromatic N) is 3. The van der Waals surface area contributed by atoms with E-state index in [1.807, 2.05) is 6.92 Å². The molecule has 0 N–H and O–H groups in total. The van der Waals surface area contributed by atoms with E-state index in [0.29, 0.717) is 18.6 Å². The molecule has 0 unspecified atom stereocenters. The van der Waals surface area contributed by atoms with Crippen LogP contribution in [0.2, 0.25) is 0 Å². The summed E-state index contributed by atoms with van der Waals surface area (Å²) in [5, 5.41) is 0. The number of likely N-dealkylation sites (N-methyl/N-ethyl adjacent to an activating group) is 1. The van der Waals surface area contributed by atoms with Gasteiger partial charge in [-0.15, -0.1) is 0 Å². The van der Waals surface area contributed by atoms with Crippen LogP contribution in [0.25, 0.3) is 0 Å². The van der Waals surface area contributed by atoms with Crippen molar-refractivity contribution in [2.75, 3.05) is 19.1 Å². The van der Waals surface area contributed by atoms with Crippen LogP contribution in [0.4, 0.5) is 5.82 Å². The molecule has 2 aromatic rings. The van der Waals surface area contributed by atoms with E-state index < -0.39 is 0 Å². The van der Waals surface area contributed by atoms with Crippen molar-refractivity contribution in [1.29, 1.82) is 0 Å². The van der Waals surface area contributed by atoms with Crippen molar-refractivity contribution in [3.8, 4) is 0 Å². The second-order valence-corrected chi connectivity index (χ2v) is 6.84. The summed E-state index contributed by atoms with van der Waals surface area (Å²) in [7, 11) is 3.84. The van der Waals surface area contributed by atoms with Gasteiger partial charge in [0.2, 0.25) is 0 Å². The average Bonchev–Trinajstić information content (AvgIpc) is 3.04.